The largest absolute Gasteiger partial charge is 0.492 e. The fourth-order valence-electron chi connectivity index (χ4n) is 4.29. The topological polar surface area (TPSA) is 25.0 Å². The Morgan fingerprint density at radius 3 is 1.86 bits per heavy atom. The van der Waals surface area contributed by atoms with Crippen LogP contribution in [0, 0.1) is 0 Å². The number of ether oxygens (including phenoxy) is 2. The molecule has 2 atom stereocenters. The monoisotopic (exact) mass is 387 g/mol. The Hall–Kier alpha value is -2.62. The highest BCUT2D eigenvalue weighted by molar-refractivity contribution is 5.51. The molecule has 1 saturated heterocycles. The molecule has 150 valence electrons. The van der Waals surface area contributed by atoms with Crippen molar-refractivity contribution in [3.8, 4) is 5.75 Å². The Balaban J connectivity index is 1.70. The van der Waals surface area contributed by atoms with Gasteiger partial charge in [0.2, 0.25) is 0 Å². The summed E-state index contributed by atoms with van der Waals surface area (Å²) in [4.78, 5) is 2.12. The van der Waals surface area contributed by atoms with Gasteiger partial charge in [-0.1, -0.05) is 79.7 Å². The van der Waals surface area contributed by atoms with E-state index in [9.17, 15) is 0 Å². The van der Waals surface area contributed by atoms with E-state index in [1.54, 1.807) is 0 Å². The molecule has 3 nitrogen and oxygen atoms in total. The van der Waals surface area contributed by atoms with Crippen LogP contribution < -0.4 is 4.74 Å². The maximum Gasteiger partial charge on any atom is 0.153 e. The van der Waals surface area contributed by atoms with Crippen LogP contribution in [0.2, 0.25) is 0 Å². The molecule has 0 saturated carbocycles. The predicted octanol–water partition coefficient (Wildman–Crippen LogP) is 5.21. The maximum atomic E-state index is 6.70. The van der Waals surface area contributed by atoms with Gasteiger partial charge in [-0.3, -0.25) is 0 Å². The lowest BCUT2D eigenvalue weighted by Gasteiger charge is -2.21. The van der Waals surface area contributed by atoms with Gasteiger partial charge in [-0.15, -0.1) is 0 Å². The Kier molecular flexibility index (Phi) is 5.44. The third-order valence-corrected chi connectivity index (χ3v) is 5.84. The number of epoxide rings is 1. The van der Waals surface area contributed by atoms with Crippen LogP contribution in [0.4, 0.5) is 0 Å². The van der Waals surface area contributed by atoms with Gasteiger partial charge < -0.3 is 14.4 Å². The average molecular weight is 388 g/mol. The zero-order chi connectivity index (χ0) is 20.3. The summed E-state index contributed by atoms with van der Waals surface area (Å²) in [6.07, 6.45) is 0.896. The first kappa shape index (κ1) is 19.7. The first-order valence-electron chi connectivity index (χ1n) is 10.3. The molecule has 1 fully saturated rings. The standard InChI is InChI=1S/C26H29NO2/c1-4-25(21-11-7-5-8-12-21)26(29-25,22-13-9-6-10-14-22)23-15-17-24(18-16-23)28-20-19-27(2)3/h5-18H,4,19-20H2,1-3H3/t25-,26+/m1/s1. The van der Waals surface area contributed by atoms with Crippen molar-refractivity contribution in [2.45, 2.75) is 24.5 Å². The minimum absolute atomic E-state index is 0.358. The van der Waals surface area contributed by atoms with Gasteiger partial charge in [0, 0.05) is 6.54 Å². The fraction of sp³-hybridized carbons (Fsp3) is 0.308. The van der Waals surface area contributed by atoms with Crippen molar-refractivity contribution in [2.24, 2.45) is 0 Å². The quantitative estimate of drug-likeness (QED) is 0.496. The Labute approximate surface area is 173 Å². The summed E-state index contributed by atoms with van der Waals surface area (Å²) in [7, 11) is 4.10. The van der Waals surface area contributed by atoms with E-state index in [2.05, 4.69) is 111 Å². The van der Waals surface area contributed by atoms with E-state index >= 15 is 0 Å². The third-order valence-electron chi connectivity index (χ3n) is 5.84. The van der Waals surface area contributed by atoms with E-state index in [-0.39, 0.29) is 5.60 Å². The average Bonchev–Trinajstić information content (AvgIpc) is 3.47. The Morgan fingerprint density at radius 1 is 0.759 bits per heavy atom. The molecule has 29 heavy (non-hydrogen) atoms. The van der Waals surface area contributed by atoms with Gasteiger partial charge in [0.1, 0.15) is 18.0 Å². The van der Waals surface area contributed by atoms with Crippen molar-refractivity contribution in [3.05, 3.63) is 102 Å². The molecule has 0 amide bonds. The van der Waals surface area contributed by atoms with E-state index in [4.69, 9.17) is 9.47 Å². The third kappa shape index (κ3) is 3.45. The van der Waals surface area contributed by atoms with Gasteiger partial charge in [0.05, 0.1) is 0 Å². The van der Waals surface area contributed by atoms with Gasteiger partial charge in [0.25, 0.3) is 0 Å². The molecular formula is C26H29NO2. The predicted molar refractivity (Wildman–Crippen MR) is 117 cm³/mol. The minimum Gasteiger partial charge on any atom is -0.492 e. The van der Waals surface area contributed by atoms with Crippen molar-refractivity contribution in [1.82, 2.24) is 4.90 Å². The molecule has 0 radical (unpaired) electrons. The first-order chi connectivity index (χ1) is 14.1. The second-order valence-corrected chi connectivity index (χ2v) is 7.87. The highest BCUT2D eigenvalue weighted by Gasteiger charge is 2.71. The summed E-state index contributed by atoms with van der Waals surface area (Å²) in [6.45, 7) is 3.78. The summed E-state index contributed by atoms with van der Waals surface area (Å²) in [5, 5.41) is 0. The Bertz CT molecular complexity index is 924. The summed E-state index contributed by atoms with van der Waals surface area (Å²) in [5.74, 6) is 0.890. The van der Waals surface area contributed by atoms with Crippen LogP contribution in [0.3, 0.4) is 0 Å². The number of rotatable bonds is 8. The molecule has 1 aliphatic heterocycles. The van der Waals surface area contributed by atoms with Crippen LogP contribution in [0.5, 0.6) is 5.75 Å². The van der Waals surface area contributed by atoms with Crippen molar-refractivity contribution < 1.29 is 9.47 Å². The highest BCUT2D eigenvalue weighted by atomic mass is 16.6. The van der Waals surface area contributed by atoms with Crippen molar-refractivity contribution in [2.75, 3.05) is 27.2 Å². The molecule has 0 aromatic heterocycles. The molecule has 0 N–H and O–H groups in total. The molecule has 0 bridgehead atoms. The minimum atomic E-state index is -0.480. The van der Waals surface area contributed by atoms with Crippen molar-refractivity contribution in [1.29, 1.82) is 0 Å². The number of hydrogen-bond donors (Lipinski definition) is 0. The molecule has 0 aliphatic carbocycles. The highest BCUT2D eigenvalue weighted by Crippen LogP contribution is 2.67. The van der Waals surface area contributed by atoms with E-state index in [1.165, 1.54) is 11.1 Å². The molecule has 3 aromatic rings. The summed E-state index contributed by atoms with van der Waals surface area (Å²) < 4.78 is 12.6. The SMILES string of the molecule is CC[C@]1(c2ccccc2)O[C@@]1(c1ccccc1)c1ccc(OCCN(C)C)cc1. The smallest absolute Gasteiger partial charge is 0.153 e. The number of nitrogens with zero attached hydrogens (tertiary/aromatic N) is 1. The summed E-state index contributed by atoms with van der Waals surface area (Å²) >= 11 is 0. The summed E-state index contributed by atoms with van der Waals surface area (Å²) in [6, 6.07) is 29.6. The van der Waals surface area contributed by atoms with Crippen molar-refractivity contribution >= 4 is 0 Å². The number of benzene rings is 3. The molecule has 0 spiro atoms. The molecule has 0 unspecified atom stereocenters. The molecule has 3 aromatic carbocycles. The second kappa shape index (κ2) is 8.02. The molecular weight excluding hydrogens is 358 g/mol. The van der Waals surface area contributed by atoms with Gasteiger partial charge in [-0.2, -0.15) is 0 Å². The molecule has 1 aliphatic rings. The van der Waals surface area contributed by atoms with E-state index in [0.717, 1.165) is 24.3 Å². The van der Waals surface area contributed by atoms with E-state index in [0.29, 0.717) is 6.61 Å². The zero-order valence-electron chi connectivity index (χ0n) is 17.5. The van der Waals surface area contributed by atoms with Crippen molar-refractivity contribution in [3.63, 3.8) is 0 Å². The molecule has 3 heteroatoms. The fourth-order valence-corrected chi connectivity index (χ4v) is 4.29. The van der Waals surface area contributed by atoms with E-state index in [1.807, 2.05) is 0 Å². The van der Waals surface area contributed by atoms with Crippen LogP contribution in [-0.2, 0) is 15.9 Å². The maximum absolute atomic E-state index is 6.70. The van der Waals surface area contributed by atoms with Crippen LogP contribution in [-0.4, -0.2) is 32.1 Å². The Morgan fingerprint density at radius 2 is 1.31 bits per heavy atom. The number of hydrogen-bond acceptors (Lipinski definition) is 3. The van der Waals surface area contributed by atoms with Gasteiger partial charge in [-0.25, -0.2) is 0 Å². The van der Waals surface area contributed by atoms with E-state index < -0.39 is 5.60 Å². The number of likely N-dealkylation sites (N-methyl/N-ethyl adjacent to an activating group) is 1. The lowest BCUT2D eigenvalue weighted by molar-refractivity contribution is 0.261. The zero-order valence-corrected chi connectivity index (χ0v) is 17.5. The van der Waals surface area contributed by atoms with Crippen LogP contribution in [0.15, 0.2) is 84.9 Å². The summed E-state index contributed by atoms with van der Waals surface area (Å²) in [5.41, 5.74) is 2.73. The van der Waals surface area contributed by atoms with Gasteiger partial charge in [0.15, 0.2) is 5.60 Å². The molecule has 4 rings (SSSR count). The molecule has 1 heterocycles. The lowest BCUT2D eigenvalue weighted by atomic mass is 9.76. The first-order valence-corrected chi connectivity index (χ1v) is 10.3. The lowest BCUT2D eigenvalue weighted by Crippen LogP contribution is -2.23. The van der Waals surface area contributed by atoms with Crippen LogP contribution >= 0.6 is 0 Å². The van der Waals surface area contributed by atoms with Gasteiger partial charge in [-0.05, 0) is 49.3 Å². The van der Waals surface area contributed by atoms with Gasteiger partial charge >= 0.3 is 0 Å². The van der Waals surface area contributed by atoms with Crippen LogP contribution in [0.25, 0.3) is 0 Å². The normalized spacial score (nSPS) is 23.2. The van der Waals surface area contributed by atoms with Crippen LogP contribution in [0.1, 0.15) is 30.0 Å². The second-order valence-electron chi connectivity index (χ2n) is 7.87.